The van der Waals surface area contributed by atoms with E-state index >= 15 is 0 Å². The highest BCUT2D eigenvalue weighted by atomic mass is 79.9. The van der Waals surface area contributed by atoms with E-state index in [1.165, 1.54) is 7.11 Å². The summed E-state index contributed by atoms with van der Waals surface area (Å²) in [5.41, 5.74) is 2.57. The summed E-state index contributed by atoms with van der Waals surface area (Å²) in [7, 11) is 1.39. The van der Waals surface area contributed by atoms with E-state index in [2.05, 4.69) is 42.9 Å². The number of methoxy groups -OCH3 is 1. The van der Waals surface area contributed by atoms with Gasteiger partial charge in [0.25, 0.3) is 0 Å². The third-order valence-electron chi connectivity index (χ3n) is 5.32. The van der Waals surface area contributed by atoms with E-state index in [4.69, 9.17) is 9.15 Å². The first-order valence-corrected chi connectivity index (χ1v) is 10.6. The number of piperazine rings is 1. The van der Waals surface area contributed by atoms with E-state index in [1.54, 1.807) is 12.1 Å². The minimum absolute atomic E-state index is 0.318. The predicted molar refractivity (Wildman–Crippen MR) is 117 cm³/mol. The van der Waals surface area contributed by atoms with E-state index in [0.29, 0.717) is 29.9 Å². The van der Waals surface area contributed by atoms with Gasteiger partial charge in [-0.15, -0.1) is 10.2 Å². The molecule has 2 aromatic carbocycles. The first kappa shape index (κ1) is 20.6. The lowest BCUT2D eigenvalue weighted by Gasteiger charge is -2.40. The van der Waals surface area contributed by atoms with Crippen molar-refractivity contribution >= 4 is 27.6 Å². The monoisotopic (exact) mass is 470 g/mol. The third-order valence-corrected chi connectivity index (χ3v) is 5.84. The Balaban J connectivity index is 1.37. The van der Waals surface area contributed by atoms with Crippen molar-refractivity contribution in [1.29, 1.82) is 0 Å². The van der Waals surface area contributed by atoms with E-state index in [9.17, 15) is 4.79 Å². The molecule has 1 aliphatic heterocycles. The van der Waals surface area contributed by atoms with Crippen LogP contribution in [-0.4, -0.2) is 53.9 Å². The van der Waals surface area contributed by atoms with E-state index < -0.39 is 0 Å². The molecule has 1 unspecified atom stereocenters. The number of aromatic nitrogens is 2. The Hall–Kier alpha value is -2.71. The van der Waals surface area contributed by atoms with E-state index in [0.717, 1.165) is 35.4 Å². The molecule has 0 saturated carbocycles. The van der Waals surface area contributed by atoms with Gasteiger partial charge >= 0.3 is 5.97 Å². The number of benzene rings is 2. The number of esters is 1. The number of halogens is 1. The highest BCUT2D eigenvalue weighted by Crippen LogP contribution is 2.23. The quantitative estimate of drug-likeness (QED) is 0.521. The predicted octanol–water partition coefficient (Wildman–Crippen LogP) is 4.00. The average Bonchev–Trinajstić information content (AvgIpc) is 3.24. The molecule has 1 atom stereocenters. The van der Waals surface area contributed by atoms with Crippen molar-refractivity contribution in [3.63, 3.8) is 0 Å². The minimum atomic E-state index is -0.318. The zero-order valence-corrected chi connectivity index (χ0v) is 18.5. The van der Waals surface area contributed by atoms with Gasteiger partial charge in [-0.3, -0.25) is 4.90 Å². The Bertz CT molecular complexity index is 1000. The number of rotatable bonds is 5. The molecule has 1 aromatic heterocycles. The molecule has 8 heteroatoms. The second kappa shape index (κ2) is 8.97. The summed E-state index contributed by atoms with van der Waals surface area (Å²) in [4.78, 5) is 16.3. The van der Waals surface area contributed by atoms with Gasteiger partial charge in [0.1, 0.15) is 0 Å². The number of carbonyl (C=O) groups is 1. The molecule has 1 aliphatic rings. The number of hydrogen-bond acceptors (Lipinski definition) is 7. The summed E-state index contributed by atoms with van der Waals surface area (Å²) in [5.74, 6) is 0.840. The number of anilines is 1. The Labute approximate surface area is 183 Å². The molecule has 30 heavy (non-hydrogen) atoms. The fourth-order valence-electron chi connectivity index (χ4n) is 3.59. The summed E-state index contributed by atoms with van der Waals surface area (Å²) in [6, 6.07) is 15.7. The second-order valence-corrected chi connectivity index (χ2v) is 8.23. The molecule has 3 aromatic rings. The average molecular weight is 471 g/mol. The summed E-state index contributed by atoms with van der Waals surface area (Å²) in [5, 5.41) is 8.42. The molecule has 0 spiro atoms. The Morgan fingerprint density at radius 2 is 1.87 bits per heavy atom. The Morgan fingerprint density at radius 1 is 1.13 bits per heavy atom. The molecule has 156 valence electrons. The minimum Gasteiger partial charge on any atom is -0.465 e. The number of ether oxygens (including phenoxy) is 1. The van der Waals surface area contributed by atoms with E-state index in [-0.39, 0.29) is 5.97 Å². The number of nitrogens with zero attached hydrogens (tertiary/aromatic N) is 4. The van der Waals surface area contributed by atoms with Gasteiger partial charge in [-0.2, -0.15) is 0 Å². The van der Waals surface area contributed by atoms with Crippen molar-refractivity contribution in [2.75, 3.05) is 31.6 Å². The molecule has 0 radical (unpaired) electrons. The zero-order chi connectivity index (χ0) is 21.1. The molecule has 0 N–H and O–H groups in total. The van der Waals surface area contributed by atoms with Crippen molar-refractivity contribution in [3.8, 4) is 11.5 Å². The Morgan fingerprint density at radius 3 is 2.53 bits per heavy atom. The number of carbonyl (C=O) groups excluding carboxylic acids is 1. The van der Waals surface area contributed by atoms with Crippen LogP contribution < -0.4 is 4.90 Å². The number of hydrogen-bond donors (Lipinski definition) is 0. The molecular formula is C22H23BrN4O3. The molecule has 1 fully saturated rings. The molecule has 0 amide bonds. The Kier molecular flexibility index (Phi) is 6.15. The highest BCUT2D eigenvalue weighted by Gasteiger charge is 2.25. The van der Waals surface area contributed by atoms with Crippen molar-refractivity contribution in [3.05, 3.63) is 64.5 Å². The lowest BCUT2D eigenvalue weighted by Crippen LogP contribution is -2.51. The highest BCUT2D eigenvalue weighted by molar-refractivity contribution is 9.10. The van der Waals surface area contributed by atoms with Gasteiger partial charge in [0.15, 0.2) is 0 Å². The zero-order valence-electron chi connectivity index (χ0n) is 16.9. The van der Waals surface area contributed by atoms with Crippen LogP contribution in [0.3, 0.4) is 0 Å². The van der Waals surface area contributed by atoms with Gasteiger partial charge in [0.05, 0.1) is 19.2 Å². The summed E-state index contributed by atoms with van der Waals surface area (Å²) in [6.07, 6.45) is 0. The molecule has 1 saturated heterocycles. The van der Waals surface area contributed by atoms with Gasteiger partial charge in [0.2, 0.25) is 11.8 Å². The fraction of sp³-hybridized carbons (Fsp3) is 0.318. The topological polar surface area (TPSA) is 71.7 Å². The van der Waals surface area contributed by atoms with Crippen LogP contribution >= 0.6 is 15.9 Å². The van der Waals surface area contributed by atoms with Crippen LogP contribution in [0.25, 0.3) is 11.5 Å². The van der Waals surface area contributed by atoms with Crippen molar-refractivity contribution < 1.29 is 13.9 Å². The van der Waals surface area contributed by atoms with Crippen LogP contribution in [0, 0.1) is 0 Å². The maximum Gasteiger partial charge on any atom is 0.337 e. The van der Waals surface area contributed by atoms with Gasteiger partial charge < -0.3 is 14.1 Å². The van der Waals surface area contributed by atoms with Crippen molar-refractivity contribution in [1.82, 2.24) is 15.1 Å². The van der Waals surface area contributed by atoms with Crippen LogP contribution in [0.4, 0.5) is 5.69 Å². The SMILES string of the molecule is COC(=O)c1ccc(N2CCN(Cc3nnc(-c4ccc(Br)cc4)o3)C(C)C2)cc1. The van der Waals surface area contributed by atoms with Crippen LogP contribution in [0.2, 0.25) is 0 Å². The molecular weight excluding hydrogens is 448 g/mol. The summed E-state index contributed by atoms with van der Waals surface area (Å²) < 4.78 is 11.7. The van der Waals surface area contributed by atoms with Crippen LogP contribution in [0.5, 0.6) is 0 Å². The molecule has 0 bridgehead atoms. The van der Waals surface area contributed by atoms with Crippen molar-refractivity contribution in [2.45, 2.75) is 19.5 Å². The second-order valence-electron chi connectivity index (χ2n) is 7.31. The first-order valence-electron chi connectivity index (χ1n) is 9.79. The third kappa shape index (κ3) is 4.55. The maximum absolute atomic E-state index is 11.6. The van der Waals surface area contributed by atoms with Gasteiger partial charge in [-0.25, -0.2) is 4.79 Å². The molecule has 0 aliphatic carbocycles. The van der Waals surface area contributed by atoms with Crippen molar-refractivity contribution in [2.24, 2.45) is 0 Å². The van der Waals surface area contributed by atoms with Crippen LogP contribution in [-0.2, 0) is 11.3 Å². The molecule has 7 nitrogen and oxygen atoms in total. The summed E-state index contributed by atoms with van der Waals surface area (Å²) >= 11 is 3.43. The van der Waals surface area contributed by atoms with Crippen LogP contribution in [0.1, 0.15) is 23.2 Å². The standard InChI is InChI=1S/C22H23BrN4O3/c1-15-13-27(19-9-5-17(6-10-19)22(28)29-2)12-11-26(15)14-20-24-25-21(30-20)16-3-7-18(23)8-4-16/h3-10,15H,11-14H2,1-2H3. The normalized spacial score (nSPS) is 17.2. The van der Waals surface area contributed by atoms with Gasteiger partial charge in [0, 0.05) is 41.4 Å². The first-order chi connectivity index (χ1) is 14.5. The molecule has 2 heterocycles. The summed E-state index contributed by atoms with van der Waals surface area (Å²) in [6.45, 7) is 5.47. The van der Waals surface area contributed by atoms with Crippen LogP contribution in [0.15, 0.2) is 57.4 Å². The lowest BCUT2D eigenvalue weighted by molar-refractivity contribution is 0.0600. The smallest absolute Gasteiger partial charge is 0.337 e. The maximum atomic E-state index is 11.6. The largest absolute Gasteiger partial charge is 0.465 e. The lowest BCUT2D eigenvalue weighted by atomic mass is 10.1. The van der Waals surface area contributed by atoms with Gasteiger partial charge in [-0.05, 0) is 55.5 Å². The van der Waals surface area contributed by atoms with E-state index in [1.807, 2.05) is 36.4 Å². The molecule has 4 rings (SSSR count). The van der Waals surface area contributed by atoms with Gasteiger partial charge in [-0.1, -0.05) is 15.9 Å². The fourth-order valence-corrected chi connectivity index (χ4v) is 3.86.